The zero-order valence-electron chi connectivity index (χ0n) is 14.1. The van der Waals surface area contributed by atoms with Crippen molar-refractivity contribution in [2.24, 2.45) is 5.73 Å². The van der Waals surface area contributed by atoms with Gasteiger partial charge in [0, 0.05) is 12.7 Å². The lowest BCUT2D eigenvalue weighted by Crippen LogP contribution is -2.51. The van der Waals surface area contributed by atoms with Crippen LogP contribution >= 0.6 is 24.8 Å². The molecule has 5 nitrogen and oxygen atoms in total. The summed E-state index contributed by atoms with van der Waals surface area (Å²) >= 11 is 0. The van der Waals surface area contributed by atoms with E-state index in [1.807, 2.05) is 0 Å². The number of ether oxygens (including phenoxy) is 1. The predicted molar refractivity (Wildman–Crippen MR) is 102 cm³/mol. The highest BCUT2D eigenvalue weighted by Crippen LogP contribution is 2.28. The first-order chi connectivity index (χ1) is 11.6. The standard InChI is InChI=1S/C18H20FN3O2.2ClH/c19-15-10-13(11-22-17(23)18(20)7-1-2-8-18)5-6-16(15)24-14-4-3-9-21-12-14;;/h3-6,9-10,12H,1-2,7-8,11,20H2,(H,22,23);2*1H. The SMILES string of the molecule is Cl.Cl.NC1(C(=O)NCc2ccc(Oc3cccnc3)c(F)c2)CCCC1. The summed E-state index contributed by atoms with van der Waals surface area (Å²) in [4.78, 5) is 16.1. The summed E-state index contributed by atoms with van der Waals surface area (Å²) in [5.74, 6) is -0.0852. The Labute approximate surface area is 164 Å². The van der Waals surface area contributed by atoms with Crippen LogP contribution in [0.5, 0.6) is 11.5 Å². The van der Waals surface area contributed by atoms with E-state index in [2.05, 4.69) is 10.3 Å². The minimum absolute atomic E-state index is 0. The van der Waals surface area contributed by atoms with Crippen LogP contribution in [0.3, 0.4) is 0 Å². The monoisotopic (exact) mass is 401 g/mol. The number of amides is 1. The van der Waals surface area contributed by atoms with Gasteiger partial charge in [0.2, 0.25) is 5.91 Å². The van der Waals surface area contributed by atoms with Gasteiger partial charge in [-0.05, 0) is 42.7 Å². The molecular formula is C18H22Cl2FN3O2. The van der Waals surface area contributed by atoms with E-state index >= 15 is 0 Å². The van der Waals surface area contributed by atoms with Crippen LogP contribution in [0.15, 0.2) is 42.7 Å². The van der Waals surface area contributed by atoms with E-state index in [1.54, 1.807) is 24.4 Å². The molecule has 3 rings (SSSR count). The second kappa shape index (κ2) is 9.71. The molecule has 1 aliphatic rings. The average Bonchev–Trinajstić information content (AvgIpc) is 3.04. The number of nitrogens with one attached hydrogen (secondary N) is 1. The number of pyridine rings is 1. The fraction of sp³-hybridized carbons (Fsp3) is 0.333. The zero-order valence-corrected chi connectivity index (χ0v) is 15.7. The van der Waals surface area contributed by atoms with Crippen LogP contribution < -0.4 is 15.8 Å². The van der Waals surface area contributed by atoms with Crippen molar-refractivity contribution in [3.05, 3.63) is 54.1 Å². The summed E-state index contributed by atoms with van der Waals surface area (Å²) in [5.41, 5.74) is 5.97. The van der Waals surface area contributed by atoms with E-state index in [0.29, 0.717) is 24.2 Å². The molecule has 1 amide bonds. The molecule has 3 N–H and O–H groups in total. The third-order valence-corrected chi connectivity index (χ3v) is 4.26. The maximum atomic E-state index is 14.2. The summed E-state index contributed by atoms with van der Waals surface area (Å²) < 4.78 is 19.6. The molecular weight excluding hydrogens is 380 g/mol. The number of nitrogens with two attached hydrogens (primary N) is 1. The highest BCUT2D eigenvalue weighted by molar-refractivity contribution is 5.86. The van der Waals surface area contributed by atoms with Gasteiger partial charge in [-0.15, -0.1) is 24.8 Å². The Morgan fingerprint density at radius 3 is 2.62 bits per heavy atom. The van der Waals surface area contributed by atoms with Crippen molar-refractivity contribution >= 4 is 30.7 Å². The first kappa shape index (κ1) is 22.2. The van der Waals surface area contributed by atoms with E-state index in [9.17, 15) is 9.18 Å². The molecule has 8 heteroatoms. The lowest BCUT2D eigenvalue weighted by atomic mass is 9.98. The van der Waals surface area contributed by atoms with Crippen LogP contribution in [-0.2, 0) is 11.3 Å². The molecule has 0 atom stereocenters. The van der Waals surface area contributed by atoms with Gasteiger partial charge >= 0.3 is 0 Å². The van der Waals surface area contributed by atoms with E-state index in [-0.39, 0.29) is 43.0 Å². The quantitative estimate of drug-likeness (QED) is 0.799. The summed E-state index contributed by atoms with van der Waals surface area (Å²) in [5, 5.41) is 2.80. The second-order valence-corrected chi connectivity index (χ2v) is 6.10. The number of carbonyl (C=O) groups is 1. The van der Waals surface area contributed by atoms with Crippen LogP contribution in [0.1, 0.15) is 31.2 Å². The first-order valence-corrected chi connectivity index (χ1v) is 8.00. The van der Waals surface area contributed by atoms with Gasteiger partial charge in [-0.2, -0.15) is 0 Å². The Kier molecular flexibility index (Phi) is 8.27. The minimum atomic E-state index is -0.776. The van der Waals surface area contributed by atoms with Crippen LogP contribution in [0.4, 0.5) is 4.39 Å². The Morgan fingerprint density at radius 1 is 1.27 bits per heavy atom. The number of hydrogen-bond donors (Lipinski definition) is 2. The molecule has 0 unspecified atom stereocenters. The topological polar surface area (TPSA) is 77.2 Å². The lowest BCUT2D eigenvalue weighted by Gasteiger charge is -2.22. The molecule has 0 radical (unpaired) electrons. The number of aromatic nitrogens is 1. The summed E-state index contributed by atoms with van der Waals surface area (Å²) in [6.07, 6.45) is 6.47. The summed E-state index contributed by atoms with van der Waals surface area (Å²) in [7, 11) is 0. The van der Waals surface area contributed by atoms with Gasteiger partial charge in [0.15, 0.2) is 11.6 Å². The van der Waals surface area contributed by atoms with Gasteiger partial charge in [-0.1, -0.05) is 18.9 Å². The number of hydrogen-bond acceptors (Lipinski definition) is 4. The molecule has 1 aromatic heterocycles. The van der Waals surface area contributed by atoms with Crippen molar-refractivity contribution in [2.45, 2.75) is 37.8 Å². The molecule has 1 saturated carbocycles. The Balaban J connectivity index is 0.00000169. The molecule has 1 aromatic carbocycles. The fourth-order valence-electron chi connectivity index (χ4n) is 2.86. The van der Waals surface area contributed by atoms with Crippen molar-refractivity contribution in [2.75, 3.05) is 0 Å². The highest BCUT2D eigenvalue weighted by Gasteiger charge is 2.36. The van der Waals surface area contributed by atoms with Gasteiger partial charge < -0.3 is 15.8 Å². The van der Waals surface area contributed by atoms with Crippen LogP contribution in [0.25, 0.3) is 0 Å². The average molecular weight is 402 g/mol. The molecule has 0 aliphatic heterocycles. The third-order valence-electron chi connectivity index (χ3n) is 4.26. The summed E-state index contributed by atoms with van der Waals surface area (Å²) in [6, 6.07) is 8.01. The van der Waals surface area contributed by atoms with Crippen molar-refractivity contribution in [3.8, 4) is 11.5 Å². The largest absolute Gasteiger partial charge is 0.453 e. The second-order valence-electron chi connectivity index (χ2n) is 6.10. The van der Waals surface area contributed by atoms with Crippen molar-refractivity contribution in [1.29, 1.82) is 0 Å². The van der Waals surface area contributed by atoms with E-state index in [0.717, 1.165) is 12.8 Å². The maximum absolute atomic E-state index is 14.2. The van der Waals surface area contributed by atoms with Crippen LogP contribution in [-0.4, -0.2) is 16.4 Å². The molecule has 1 aliphatic carbocycles. The molecule has 1 heterocycles. The Bertz CT molecular complexity index is 726. The molecule has 26 heavy (non-hydrogen) atoms. The number of nitrogens with zero attached hydrogens (tertiary/aromatic N) is 1. The Hall–Kier alpha value is -1.89. The van der Waals surface area contributed by atoms with Crippen molar-refractivity contribution in [1.82, 2.24) is 10.3 Å². The van der Waals surface area contributed by atoms with Crippen LogP contribution in [0, 0.1) is 5.82 Å². The van der Waals surface area contributed by atoms with Crippen LogP contribution in [0.2, 0.25) is 0 Å². The number of carbonyl (C=O) groups excluding carboxylic acids is 1. The highest BCUT2D eigenvalue weighted by atomic mass is 35.5. The maximum Gasteiger partial charge on any atom is 0.240 e. The van der Waals surface area contributed by atoms with Gasteiger partial charge in [-0.25, -0.2) is 4.39 Å². The van der Waals surface area contributed by atoms with Gasteiger partial charge in [0.25, 0.3) is 0 Å². The molecule has 2 aromatic rings. The van der Waals surface area contributed by atoms with E-state index in [1.165, 1.54) is 18.3 Å². The van der Waals surface area contributed by atoms with Gasteiger partial charge in [0.05, 0.1) is 11.7 Å². The summed E-state index contributed by atoms with van der Waals surface area (Å²) in [6.45, 7) is 0.238. The van der Waals surface area contributed by atoms with Gasteiger partial charge in [-0.3, -0.25) is 9.78 Å². The first-order valence-electron chi connectivity index (χ1n) is 8.00. The van der Waals surface area contributed by atoms with Crippen molar-refractivity contribution < 1.29 is 13.9 Å². The lowest BCUT2D eigenvalue weighted by molar-refractivity contribution is -0.126. The minimum Gasteiger partial charge on any atom is -0.453 e. The fourth-order valence-corrected chi connectivity index (χ4v) is 2.86. The Morgan fingerprint density at radius 2 is 2.00 bits per heavy atom. The predicted octanol–water partition coefficient (Wildman–Crippen LogP) is 3.74. The molecule has 0 saturated heterocycles. The number of halogens is 3. The number of rotatable bonds is 5. The smallest absolute Gasteiger partial charge is 0.240 e. The van der Waals surface area contributed by atoms with Crippen molar-refractivity contribution in [3.63, 3.8) is 0 Å². The normalized spacial score (nSPS) is 14.7. The van der Waals surface area contributed by atoms with E-state index in [4.69, 9.17) is 10.5 Å². The zero-order chi connectivity index (χ0) is 17.0. The molecule has 1 fully saturated rings. The van der Waals surface area contributed by atoms with E-state index < -0.39 is 11.4 Å². The molecule has 0 bridgehead atoms. The molecule has 0 spiro atoms. The van der Waals surface area contributed by atoms with Gasteiger partial charge in [0.1, 0.15) is 5.75 Å². The third kappa shape index (κ3) is 5.30. The molecule has 142 valence electrons. The number of benzene rings is 1.